The first-order valence-electron chi connectivity index (χ1n) is 5.75. The van der Waals surface area contributed by atoms with Gasteiger partial charge >= 0.3 is 0 Å². The number of hydrogen-bond acceptors (Lipinski definition) is 2. The molecule has 0 aliphatic carbocycles. The highest BCUT2D eigenvalue weighted by molar-refractivity contribution is 6.30. The van der Waals surface area contributed by atoms with Crippen molar-refractivity contribution in [2.45, 2.75) is 0 Å². The summed E-state index contributed by atoms with van der Waals surface area (Å²) in [6.07, 6.45) is 1.53. The van der Waals surface area contributed by atoms with Crippen LogP contribution in [0, 0.1) is 11.3 Å². The van der Waals surface area contributed by atoms with Gasteiger partial charge in [-0.1, -0.05) is 35.9 Å². The molecule has 0 spiro atoms. The van der Waals surface area contributed by atoms with Crippen molar-refractivity contribution < 1.29 is 4.74 Å². The number of methoxy groups -OCH3 is 1. The predicted molar refractivity (Wildman–Crippen MR) is 77.1 cm³/mol. The van der Waals surface area contributed by atoms with Crippen molar-refractivity contribution in [1.29, 1.82) is 5.26 Å². The molecule has 0 aliphatic heterocycles. The molecule has 0 aromatic heterocycles. The molecule has 2 nitrogen and oxygen atoms in total. The SMILES string of the molecule is COc1ccc(/C(=C\C#N)c2ccc(Cl)cc2)cc1. The third-order valence-electron chi connectivity index (χ3n) is 2.77. The highest BCUT2D eigenvalue weighted by Gasteiger charge is 2.05. The zero-order valence-electron chi connectivity index (χ0n) is 10.4. The third kappa shape index (κ3) is 3.15. The molecule has 2 rings (SSSR count). The summed E-state index contributed by atoms with van der Waals surface area (Å²) >= 11 is 5.88. The fourth-order valence-electron chi connectivity index (χ4n) is 1.80. The Labute approximate surface area is 117 Å². The van der Waals surface area contributed by atoms with Gasteiger partial charge < -0.3 is 4.74 Å². The number of benzene rings is 2. The maximum Gasteiger partial charge on any atom is 0.118 e. The average molecular weight is 270 g/mol. The van der Waals surface area contributed by atoms with E-state index in [1.54, 1.807) is 7.11 Å². The van der Waals surface area contributed by atoms with E-state index in [9.17, 15) is 0 Å². The van der Waals surface area contributed by atoms with Gasteiger partial charge in [-0.3, -0.25) is 0 Å². The fourth-order valence-corrected chi connectivity index (χ4v) is 1.92. The average Bonchev–Trinajstić information content (AvgIpc) is 2.46. The second-order valence-electron chi connectivity index (χ2n) is 3.92. The van der Waals surface area contributed by atoms with Crippen molar-refractivity contribution >= 4 is 17.2 Å². The Morgan fingerprint density at radius 3 is 2.05 bits per heavy atom. The summed E-state index contributed by atoms with van der Waals surface area (Å²) < 4.78 is 5.13. The molecule has 0 bridgehead atoms. The van der Waals surface area contributed by atoms with Crippen LogP contribution in [0.25, 0.3) is 5.57 Å². The minimum atomic E-state index is 0.676. The van der Waals surface area contributed by atoms with Crippen LogP contribution in [-0.2, 0) is 0 Å². The Morgan fingerprint density at radius 2 is 1.58 bits per heavy atom. The van der Waals surface area contributed by atoms with Crippen LogP contribution < -0.4 is 4.74 Å². The highest BCUT2D eigenvalue weighted by atomic mass is 35.5. The summed E-state index contributed by atoms with van der Waals surface area (Å²) in [5.74, 6) is 0.788. The van der Waals surface area contributed by atoms with Crippen LogP contribution in [0.15, 0.2) is 54.6 Å². The van der Waals surface area contributed by atoms with Gasteiger partial charge in [0.25, 0.3) is 0 Å². The molecule has 0 aliphatic rings. The summed E-state index contributed by atoms with van der Waals surface area (Å²) in [5.41, 5.74) is 2.78. The molecule has 94 valence electrons. The van der Waals surface area contributed by atoms with Gasteiger partial charge in [0.2, 0.25) is 0 Å². The Morgan fingerprint density at radius 1 is 1.05 bits per heavy atom. The van der Waals surface area contributed by atoms with E-state index in [4.69, 9.17) is 21.6 Å². The summed E-state index contributed by atoms with van der Waals surface area (Å²) in [4.78, 5) is 0. The molecule has 2 aromatic carbocycles. The van der Waals surface area contributed by atoms with Crippen LogP contribution >= 0.6 is 11.6 Å². The largest absolute Gasteiger partial charge is 0.497 e. The zero-order valence-corrected chi connectivity index (χ0v) is 11.2. The van der Waals surface area contributed by atoms with E-state index in [2.05, 4.69) is 6.07 Å². The molecule has 0 saturated heterocycles. The molecular formula is C16H12ClNO. The van der Waals surface area contributed by atoms with Gasteiger partial charge in [0.1, 0.15) is 5.75 Å². The molecule has 0 unspecified atom stereocenters. The van der Waals surface area contributed by atoms with E-state index in [1.165, 1.54) is 6.08 Å². The fraction of sp³-hybridized carbons (Fsp3) is 0.0625. The molecular weight excluding hydrogens is 258 g/mol. The van der Waals surface area contributed by atoms with Crippen LogP contribution in [0.1, 0.15) is 11.1 Å². The molecule has 0 amide bonds. The van der Waals surface area contributed by atoms with Gasteiger partial charge in [0.15, 0.2) is 0 Å². The van der Waals surface area contributed by atoms with E-state index in [-0.39, 0.29) is 0 Å². The minimum absolute atomic E-state index is 0.676. The van der Waals surface area contributed by atoms with Gasteiger partial charge in [0, 0.05) is 11.1 Å². The van der Waals surface area contributed by atoms with Gasteiger partial charge in [-0.2, -0.15) is 5.26 Å². The van der Waals surface area contributed by atoms with Crippen molar-refractivity contribution in [2.24, 2.45) is 0 Å². The number of halogens is 1. The number of rotatable bonds is 3. The van der Waals surface area contributed by atoms with Gasteiger partial charge in [0.05, 0.1) is 13.2 Å². The van der Waals surface area contributed by atoms with Crippen molar-refractivity contribution in [1.82, 2.24) is 0 Å². The molecule has 0 N–H and O–H groups in total. The molecule has 19 heavy (non-hydrogen) atoms. The van der Waals surface area contributed by atoms with Crippen molar-refractivity contribution in [3.05, 3.63) is 70.8 Å². The molecule has 0 heterocycles. The Bertz CT molecular complexity index is 621. The summed E-state index contributed by atoms with van der Waals surface area (Å²) in [6, 6.07) is 17.1. The van der Waals surface area contributed by atoms with Gasteiger partial charge in [-0.15, -0.1) is 0 Å². The Hall–Kier alpha value is -2.24. The second kappa shape index (κ2) is 6.08. The van der Waals surface area contributed by atoms with E-state index < -0.39 is 0 Å². The molecule has 0 atom stereocenters. The van der Waals surface area contributed by atoms with E-state index in [1.807, 2.05) is 48.5 Å². The standard InChI is InChI=1S/C16H12ClNO/c1-19-15-8-4-13(5-9-15)16(10-11-18)12-2-6-14(17)7-3-12/h2-10H,1H3/b16-10-. The topological polar surface area (TPSA) is 33.0 Å². The van der Waals surface area contributed by atoms with E-state index in [0.717, 1.165) is 22.4 Å². The van der Waals surface area contributed by atoms with Crippen LogP contribution in [0.2, 0.25) is 5.02 Å². The monoisotopic (exact) mass is 269 g/mol. The minimum Gasteiger partial charge on any atom is -0.497 e. The van der Waals surface area contributed by atoms with Crippen LogP contribution in [0.3, 0.4) is 0 Å². The smallest absolute Gasteiger partial charge is 0.118 e. The predicted octanol–water partition coefficient (Wildman–Crippen LogP) is 4.30. The first-order chi connectivity index (χ1) is 9.24. The maximum absolute atomic E-state index is 8.94. The number of nitrogens with zero attached hydrogens (tertiary/aromatic N) is 1. The lowest BCUT2D eigenvalue weighted by Crippen LogP contribution is -1.89. The Balaban J connectivity index is 2.43. The van der Waals surface area contributed by atoms with E-state index >= 15 is 0 Å². The normalized spacial score (nSPS) is 10.9. The lowest BCUT2D eigenvalue weighted by Gasteiger charge is -2.08. The molecule has 0 saturated carbocycles. The van der Waals surface area contributed by atoms with Crippen LogP contribution in [0.5, 0.6) is 5.75 Å². The zero-order chi connectivity index (χ0) is 13.7. The van der Waals surface area contributed by atoms with Gasteiger partial charge in [-0.05, 0) is 41.0 Å². The lowest BCUT2D eigenvalue weighted by molar-refractivity contribution is 0.415. The number of allylic oxidation sites excluding steroid dienone is 1. The molecule has 2 aromatic rings. The summed E-state index contributed by atoms with van der Waals surface area (Å²) in [7, 11) is 1.63. The number of nitriles is 1. The highest BCUT2D eigenvalue weighted by Crippen LogP contribution is 2.26. The third-order valence-corrected chi connectivity index (χ3v) is 3.02. The summed E-state index contributed by atoms with van der Waals surface area (Å²) in [5, 5.41) is 9.61. The quantitative estimate of drug-likeness (QED) is 0.778. The van der Waals surface area contributed by atoms with Crippen molar-refractivity contribution in [3.8, 4) is 11.8 Å². The molecule has 3 heteroatoms. The first kappa shape index (κ1) is 13.2. The second-order valence-corrected chi connectivity index (χ2v) is 4.36. The van der Waals surface area contributed by atoms with Crippen molar-refractivity contribution in [3.63, 3.8) is 0 Å². The number of hydrogen-bond donors (Lipinski definition) is 0. The lowest BCUT2D eigenvalue weighted by atomic mass is 9.98. The first-order valence-corrected chi connectivity index (χ1v) is 6.12. The van der Waals surface area contributed by atoms with Crippen molar-refractivity contribution in [2.75, 3.05) is 7.11 Å². The number of ether oxygens (including phenoxy) is 1. The van der Waals surface area contributed by atoms with Gasteiger partial charge in [-0.25, -0.2) is 0 Å². The maximum atomic E-state index is 8.94. The summed E-state index contributed by atoms with van der Waals surface area (Å²) in [6.45, 7) is 0. The van der Waals surface area contributed by atoms with Crippen LogP contribution in [0.4, 0.5) is 0 Å². The van der Waals surface area contributed by atoms with Crippen LogP contribution in [-0.4, -0.2) is 7.11 Å². The Kier molecular flexibility index (Phi) is 4.22. The molecule has 0 fully saturated rings. The molecule has 0 radical (unpaired) electrons. The van der Waals surface area contributed by atoms with E-state index in [0.29, 0.717) is 5.02 Å².